The normalized spacial score (nSPS) is 12.0. The van der Waals surface area contributed by atoms with E-state index in [0.29, 0.717) is 6.04 Å². The van der Waals surface area contributed by atoms with Crippen molar-refractivity contribution in [3.63, 3.8) is 0 Å². The number of methoxy groups -OCH3 is 1. The molecule has 3 heteroatoms. The number of hydrogen-bond acceptors (Lipinski definition) is 3. The standard InChI is InChI=1S/C18H24N2O/c1-13(19-2)14-10-11-18(21-5)16(12-14)15-8-6-7-9-17(15)20(3)4/h6-13,19H,1-5H3. The summed E-state index contributed by atoms with van der Waals surface area (Å²) in [5.41, 5.74) is 4.75. The minimum absolute atomic E-state index is 0.307. The molecule has 0 aliphatic rings. The van der Waals surface area contributed by atoms with Gasteiger partial charge in [-0.2, -0.15) is 0 Å². The fraction of sp³-hybridized carbons (Fsp3) is 0.333. The molecule has 0 spiro atoms. The lowest BCUT2D eigenvalue weighted by Crippen LogP contribution is -2.13. The van der Waals surface area contributed by atoms with Gasteiger partial charge in [-0.1, -0.05) is 24.3 Å². The quantitative estimate of drug-likeness (QED) is 0.906. The first-order valence-corrected chi connectivity index (χ1v) is 7.20. The van der Waals surface area contributed by atoms with Crippen LogP contribution in [-0.2, 0) is 0 Å². The topological polar surface area (TPSA) is 24.5 Å². The molecule has 1 unspecified atom stereocenters. The van der Waals surface area contributed by atoms with E-state index in [9.17, 15) is 0 Å². The number of nitrogens with zero attached hydrogens (tertiary/aromatic N) is 1. The lowest BCUT2D eigenvalue weighted by atomic mass is 9.97. The minimum Gasteiger partial charge on any atom is -0.496 e. The molecule has 0 aliphatic heterocycles. The predicted molar refractivity (Wildman–Crippen MR) is 90.2 cm³/mol. The highest BCUT2D eigenvalue weighted by molar-refractivity contribution is 5.82. The van der Waals surface area contributed by atoms with Gasteiger partial charge in [0.05, 0.1) is 7.11 Å². The molecule has 0 aliphatic carbocycles. The van der Waals surface area contributed by atoms with Crippen molar-refractivity contribution in [1.29, 1.82) is 0 Å². The number of rotatable bonds is 5. The van der Waals surface area contributed by atoms with E-state index in [1.54, 1.807) is 7.11 Å². The summed E-state index contributed by atoms with van der Waals surface area (Å²) >= 11 is 0. The van der Waals surface area contributed by atoms with Crippen molar-refractivity contribution >= 4 is 5.69 Å². The first-order valence-electron chi connectivity index (χ1n) is 7.20. The third kappa shape index (κ3) is 3.19. The molecule has 2 rings (SSSR count). The molecule has 0 aromatic heterocycles. The van der Waals surface area contributed by atoms with Gasteiger partial charge < -0.3 is 15.0 Å². The van der Waals surface area contributed by atoms with Gasteiger partial charge in [-0.25, -0.2) is 0 Å². The molecule has 1 atom stereocenters. The summed E-state index contributed by atoms with van der Waals surface area (Å²) in [6, 6.07) is 15.1. The number of anilines is 1. The van der Waals surface area contributed by atoms with Crippen LogP contribution in [0.3, 0.4) is 0 Å². The molecule has 112 valence electrons. The molecule has 0 heterocycles. The Balaban J connectivity index is 2.61. The fourth-order valence-electron chi connectivity index (χ4n) is 2.46. The first kappa shape index (κ1) is 15.4. The monoisotopic (exact) mass is 284 g/mol. The number of ether oxygens (including phenoxy) is 1. The van der Waals surface area contributed by atoms with E-state index >= 15 is 0 Å². The maximum absolute atomic E-state index is 5.56. The summed E-state index contributed by atoms with van der Waals surface area (Å²) < 4.78 is 5.56. The average molecular weight is 284 g/mol. The van der Waals surface area contributed by atoms with Crippen LogP contribution in [0.25, 0.3) is 11.1 Å². The third-order valence-corrected chi connectivity index (χ3v) is 3.83. The Bertz CT molecular complexity index is 608. The van der Waals surface area contributed by atoms with Crippen LogP contribution in [0.1, 0.15) is 18.5 Å². The Kier molecular flexibility index (Phi) is 4.86. The van der Waals surface area contributed by atoms with Crippen LogP contribution in [0.2, 0.25) is 0 Å². The maximum Gasteiger partial charge on any atom is 0.126 e. The molecular formula is C18H24N2O. The van der Waals surface area contributed by atoms with Crippen LogP contribution in [0.15, 0.2) is 42.5 Å². The number of para-hydroxylation sites is 1. The second-order valence-corrected chi connectivity index (χ2v) is 5.38. The predicted octanol–water partition coefficient (Wildman–Crippen LogP) is 3.71. The Morgan fingerprint density at radius 2 is 1.76 bits per heavy atom. The highest BCUT2D eigenvalue weighted by Crippen LogP contribution is 2.37. The Morgan fingerprint density at radius 3 is 2.38 bits per heavy atom. The van der Waals surface area contributed by atoms with E-state index in [2.05, 4.69) is 67.6 Å². The van der Waals surface area contributed by atoms with E-state index in [1.165, 1.54) is 16.8 Å². The second kappa shape index (κ2) is 6.64. The zero-order chi connectivity index (χ0) is 15.4. The van der Waals surface area contributed by atoms with Gasteiger partial charge in [-0.3, -0.25) is 0 Å². The van der Waals surface area contributed by atoms with Gasteiger partial charge >= 0.3 is 0 Å². The van der Waals surface area contributed by atoms with Gasteiger partial charge in [0.2, 0.25) is 0 Å². The molecule has 21 heavy (non-hydrogen) atoms. The molecule has 3 nitrogen and oxygen atoms in total. The second-order valence-electron chi connectivity index (χ2n) is 5.38. The highest BCUT2D eigenvalue weighted by Gasteiger charge is 2.13. The number of nitrogens with one attached hydrogen (secondary N) is 1. The lowest BCUT2D eigenvalue weighted by molar-refractivity contribution is 0.416. The molecule has 0 fully saturated rings. The SMILES string of the molecule is CNC(C)c1ccc(OC)c(-c2ccccc2N(C)C)c1. The van der Waals surface area contributed by atoms with Gasteiger partial charge in [-0.15, -0.1) is 0 Å². The smallest absolute Gasteiger partial charge is 0.126 e. The molecule has 0 saturated carbocycles. The van der Waals surface area contributed by atoms with Crippen molar-refractivity contribution in [2.24, 2.45) is 0 Å². The van der Waals surface area contributed by atoms with Crippen LogP contribution in [-0.4, -0.2) is 28.3 Å². The Labute approximate surface area is 127 Å². The minimum atomic E-state index is 0.307. The van der Waals surface area contributed by atoms with Crippen LogP contribution in [0.4, 0.5) is 5.69 Å². The van der Waals surface area contributed by atoms with Gasteiger partial charge in [0.25, 0.3) is 0 Å². The summed E-state index contributed by atoms with van der Waals surface area (Å²) in [5.74, 6) is 0.899. The third-order valence-electron chi connectivity index (χ3n) is 3.83. The van der Waals surface area contributed by atoms with Crippen molar-refractivity contribution in [2.45, 2.75) is 13.0 Å². The molecule has 1 N–H and O–H groups in total. The Hall–Kier alpha value is -2.00. The summed E-state index contributed by atoms with van der Waals surface area (Å²) in [6.07, 6.45) is 0. The van der Waals surface area contributed by atoms with Crippen molar-refractivity contribution < 1.29 is 4.74 Å². The van der Waals surface area contributed by atoms with Crippen molar-refractivity contribution in [3.8, 4) is 16.9 Å². The molecule has 2 aromatic rings. The van der Waals surface area contributed by atoms with E-state index in [1.807, 2.05) is 13.1 Å². The molecule has 0 bridgehead atoms. The summed E-state index contributed by atoms with van der Waals surface area (Å²) in [7, 11) is 7.82. The van der Waals surface area contributed by atoms with E-state index in [0.717, 1.165) is 11.3 Å². The highest BCUT2D eigenvalue weighted by atomic mass is 16.5. The molecular weight excluding hydrogens is 260 g/mol. The summed E-state index contributed by atoms with van der Waals surface area (Å²) in [6.45, 7) is 2.16. The molecule has 0 radical (unpaired) electrons. The van der Waals surface area contributed by atoms with E-state index in [4.69, 9.17) is 4.74 Å². The van der Waals surface area contributed by atoms with Crippen LogP contribution in [0.5, 0.6) is 5.75 Å². The maximum atomic E-state index is 5.56. The number of hydrogen-bond donors (Lipinski definition) is 1. The van der Waals surface area contributed by atoms with Gasteiger partial charge in [0, 0.05) is 37.0 Å². The molecule has 0 amide bonds. The van der Waals surface area contributed by atoms with Crippen LogP contribution < -0.4 is 15.0 Å². The fourth-order valence-corrected chi connectivity index (χ4v) is 2.46. The molecule has 0 saturated heterocycles. The van der Waals surface area contributed by atoms with Crippen molar-refractivity contribution in [2.75, 3.05) is 33.2 Å². The van der Waals surface area contributed by atoms with Crippen molar-refractivity contribution in [3.05, 3.63) is 48.0 Å². The van der Waals surface area contributed by atoms with Crippen molar-refractivity contribution in [1.82, 2.24) is 5.32 Å². The summed E-state index contributed by atoms with van der Waals surface area (Å²) in [5, 5.41) is 3.28. The van der Waals surface area contributed by atoms with E-state index in [-0.39, 0.29) is 0 Å². The van der Waals surface area contributed by atoms with Gasteiger partial charge in [-0.05, 0) is 37.7 Å². The number of benzene rings is 2. The first-order chi connectivity index (χ1) is 10.1. The lowest BCUT2D eigenvalue weighted by Gasteiger charge is -2.20. The van der Waals surface area contributed by atoms with Gasteiger partial charge in [0.15, 0.2) is 0 Å². The van der Waals surface area contributed by atoms with Crippen LogP contribution >= 0.6 is 0 Å². The zero-order valence-corrected chi connectivity index (χ0v) is 13.5. The van der Waals surface area contributed by atoms with Crippen LogP contribution in [0, 0.1) is 0 Å². The zero-order valence-electron chi connectivity index (χ0n) is 13.5. The molecule has 2 aromatic carbocycles. The van der Waals surface area contributed by atoms with Gasteiger partial charge in [0.1, 0.15) is 5.75 Å². The average Bonchev–Trinajstić information content (AvgIpc) is 2.53. The Morgan fingerprint density at radius 1 is 1.05 bits per heavy atom. The van der Waals surface area contributed by atoms with E-state index < -0.39 is 0 Å². The largest absolute Gasteiger partial charge is 0.496 e. The summed E-state index contributed by atoms with van der Waals surface area (Å²) in [4.78, 5) is 2.13.